The molecule has 0 bridgehead atoms. The first kappa shape index (κ1) is 16.7. The SMILES string of the molecule is O=S(=O)(O)c1ccc2nc(-c3ccccc3)[nH]c2c1.c1ncncn1. The Morgan fingerprint density at radius 3 is 2.08 bits per heavy atom. The van der Waals surface area contributed by atoms with Crippen molar-refractivity contribution in [1.82, 2.24) is 24.9 Å². The first-order chi connectivity index (χ1) is 12.0. The lowest BCUT2D eigenvalue weighted by atomic mass is 10.2. The number of fused-ring (bicyclic) bond motifs is 1. The third kappa shape index (κ3) is 4.22. The van der Waals surface area contributed by atoms with Crippen LogP contribution in [0.5, 0.6) is 0 Å². The van der Waals surface area contributed by atoms with Gasteiger partial charge < -0.3 is 4.98 Å². The van der Waals surface area contributed by atoms with Crippen LogP contribution in [0.25, 0.3) is 22.4 Å². The monoisotopic (exact) mass is 355 g/mol. The Hall–Kier alpha value is -3.17. The summed E-state index contributed by atoms with van der Waals surface area (Å²) in [7, 11) is -4.20. The molecule has 0 unspecified atom stereocenters. The molecule has 0 aliphatic carbocycles. The molecule has 2 aromatic carbocycles. The Bertz CT molecular complexity index is 1040. The van der Waals surface area contributed by atoms with Gasteiger partial charge in [-0.25, -0.2) is 19.9 Å². The van der Waals surface area contributed by atoms with E-state index in [4.69, 9.17) is 4.55 Å². The molecule has 2 heterocycles. The summed E-state index contributed by atoms with van der Waals surface area (Å²) in [6, 6.07) is 13.8. The fourth-order valence-corrected chi connectivity index (χ4v) is 2.59. The molecule has 0 aliphatic heterocycles. The Balaban J connectivity index is 0.000000258. The maximum Gasteiger partial charge on any atom is 0.294 e. The number of imidazole rings is 1. The Morgan fingerprint density at radius 2 is 1.52 bits per heavy atom. The molecular formula is C16H13N5O3S. The number of hydrogen-bond acceptors (Lipinski definition) is 6. The molecule has 2 aromatic heterocycles. The first-order valence-electron chi connectivity index (χ1n) is 7.12. The Kier molecular flexibility index (Phi) is 4.78. The van der Waals surface area contributed by atoms with Crippen molar-refractivity contribution in [1.29, 1.82) is 0 Å². The van der Waals surface area contributed by atoms with Gasteiger partial charge in [-0.15, -0.1) is 0 Å². The second-order valence-electron chi connectivity index (χ2n) is 4.90. The van der Waals surface area contributed by atoms with Gasteiger partial charge in [0.25, 0.3) is 10.1 Å². The Morgan fingerprint density at radius 1 is 0.880 bits per heavy atom. The highest BCUT2D eigenvalue weighted by molar-refractivity contribution is 7.85. The van der Waals surface area contributed by atoms with Crippen LogP contribution in [-0.4, -0.2) is 37.9 Å². The summed E-state index contributed by atoms with van der Waals surface area (Å²) in [5.74, 6) is 0.656. The molecule has 2 N–H and O–H groups in total. The van der Waals surface area contributed by atoms with Crippen molar-refractivity contribution in [3.63, 3.8) is 0 Å². The van der Waals surface area contributed by atoms with Crippen LogP contribution in [0, 0.1) is 0 Å². The fraction of sp³-hybridized carbons (Fsp3) is 0. The molecular weight excluding hydrogens is 342 g/mol. The van der Waals surface area contributed by atoms with E-state index < -0.39 is 10.1 Å². The van der Waals surface area contributed by atoms with Gasteiger partial charge in [-0.3, -0.25) is 4.55 Å². The molecule has 4 rings (SSSR count). The van der Waals surface area contributed by atoms with Gasteiger partial charge in [0.15, 0.2) is 0 Å². The number of aromatic nitrogens is 5. The lowest BCUT2D eigenvalue weighted by molar-refractivity contribution is 0.483. The molecule has 0 saturated carbocycles. The highest BCUT2D eigenvalue weighted by Crippen LogP contribution is 2.22. The summed E-state index contributed by atoms with van der Waals surface area (Å²) >= 11 is 0. The van der Waals surface area contributed by atoms with Crippen molar-refractivity contribution < 1.29 is 13.0 Å². The van der Waals surface area contributed by atoms with Crippen LogP contribution in [0.3, 0.4) is 0 Å². The summed E-state index contributed by atoms with van der Waals surface area (Å²) in [6.45, 7) is 0. The number of H-pyrrole nitrogens is 1. The van der Waals surface area contributed by atoms with E-state index >= 15 is 0 Å². The van der Waals surface area contributed by atoms with Gasteiger partial charge in [-0.1, -0.05) is 30.3 Å². The van der Waals surface area contributed by atoms with Gasteiger partial charge in [-0.2, -0.15) is 8.42 Å². The fourth-order valence-electron chi connectivity index (χ4n) is 2.09. The number of rotatable bonds is 2. The van der Waals surface area contributed by atoms with E-state index in [2.05, 4.69) is 24.9 Å². The summed E-state index contributed by atoms with van der Waals surface area (Å²) in [5, 5.41) is 0. The van der Waals surface area contributed by atoms with Crippen LogP contribution in [0.2, 0.25) is 0 Å². The van der Waals surface area contributed by atoms with Crippen molar-refractivity contribution >= 4 is 21.2 Å². The highest BCUT2D eigenvalue weighted by atomic mass is 32.2. The average molecular weight is 355 g/mol. The van der Waals surface area contributed by atoms with Crippen molar-refractivity contribution in [3.05, 3.63) is 67.5 Å². The van der Waals surface area contributed by atoms with Gasteiger partial charge in [0.2, 0.25) is 0 Å². The normalized spacial score (nSPS) is 10.9. The number of benzene rings is 2. The van der Waals surface area contributed by atoms with Crippen molar-refractivity contribution in [2.24, 2.45) is 0 Å². The lowest BCUT2D eigenvalue weighted by Crippen LogP contribution is -1.97. The second kappa shape index (κ2) is 7.16. The molecule has 0 saturated heterocycles. The Labute approximate surface area is 143 Å². The molecule has 126 valence electrons. The smallest absolute Gasteiger partial charge is 0.294 e. The van der Waals surface area contributed by atoms with Crippen LogP contribution in [-0.2, 0) is 10.1 Å². The van der Waals surface area contributed by atoms with E-state index in [9.17, 15) is 8.42 Å². The molecule has 0 radical (unpaired) electrons. The standard InChI is InChI=1S/C13H10N2O3S.C3H3N3/c16-19(17,18)10-6-7-11-12(8-10)15-13(14-11)9-4-2-1-3-5-9;1-4-2-6-3-5-1/h1-8H,(H,14,15)(H,16,17,18);1-3H. The molecule has 0 amide bonds. The zero-order chi connectivity index (χ0) is 17.7. The second-order valence-corrected chi connectivity index (χ2v) is 6.32. The van der Waals surface area contributed by atoms with Crippen LogP contribution >= 0.6 is 0 Å². The predicted molar refractivity (Wildman–Crippen MR) is 91.2 cm³/mol. The molecule has 4 aromatic rings. The minimum Gasteiger partial charge on any atom is -0.338 e. The van der Waals surface area contributed by atoms with Crippen molar-refractivity contribution in [2.45, 2.75) is 4.90 Å². The van der Waals surface area contributed by atoms with E-state index in [0.717, 1.165) is 5.56 Å². The van der Waals surface area contributed by atoms with Crippen molar-refractivity contribution in [3.8, 4) is 11.4 Å². The van der Waals surface area contributed by atoms with E-state index in [1.54, 1.807) is 6.07 Å². The van der Waals surface area contributed by atoms with E-state index in [1.165, 1.54) is 31.1 Å². The van der Waals surface area contributed by atoms with Crippen LogP contribution < -0.4 is 0 Å². The molecule has 25 heavy (non-hydrogen) atoms. The molecule has 0 fully saturated rings. The summed E-state index contributed by atoms with van der Waals surface area (Å²) in [6.07, 6.45) is 4.31. The zero-order valence-electron chi connectivity index (χ0n) is 12.8. The van der Waals surface area contributed by atoms with Crippen LogP contribution in [0.15, 0.2) is 72.4 Å². The lowest BCUT2D eigenvalue weighted by Gasteiger charge is -1.95. The highest BCUT2D eigenvalue weighted by Gasteiger charge is 2.12. The van der Waals surface area contributed by atoms with E-state index in [1.807, 2.05) is 30.3 Å². The minimum atomic E-state index is -4.20. The number of nitrogens with one attached hydrogen (secondary N) is 1. The topological polar surface area (TPSA) is 122 Å². The first-order valence-corrected chi connectivity index (χ1v) is 8.56. The summed E-state index contributed by atoms with van der Waals surface area (Å²) < 4.78 is 31.2. The number of hydrogen-bond donors (Lipinski definition) is 2. The number of nitrogens with zero attached hydrogens (tertiary/aromatic N) is 4. The summed E-state index contributed by atoms with van der Waals surface area (Å²) in [5.41, 5.74) is 2.12. The summed E-state index contributed by atoms with van der Waals surface area (Å²) in [4.78, 5) is 17.9. The van der Waals surface area contributed by atoms with Gasteiger partial charge in [-0.05, 0) is 18.2 Å². The molecule has 9 heteroatoms. The molecule has 0 aliphatic rings. The minimum absolute atomic E-state index is 0.150. The maximum absolute atomic E-state index is 11.1. The molecule has 0 atom stereocenters. The predicted octanol–water partition coefficient (Wildman–Crippen LogP) is 2.35. The third-order valence-corrected chi connectivity index (χ3v) is 4.05. The largest absolute Gasteiger partial charge is 0.338 e. The van der Waals surface area contributed by atoms with Gasteiger partial charge in [0.05, 0.1) is 15.9 Å². The quantitative estimate of drug-likeness (QED) is 0.529. The molecule has 0 spiro atoms. The van der Waals surface area contributed by atoms with Crippen LogP contribution in [0.1, 0.15) is 0 Å². The number of aromatic amines is 1. The van der Waals surface area contributed by atoms with E-state index in [0.29, 0.717) is 16.9 Å². The van der Waals surface area contributed by atoms with Crippen molar-refractivity contribution in [2.75, 3.05) is 0 Å². The maximum atomic E-state index is 11.1. The van der Waals surface area contributed by atoms with Gasteiger partial charge in [0.1, 0.15) is 24.8 Å². The molecule has 8 nitrogen and oxygen atoms in total. The van der Waals surface area contributed by atoms with Gasteiger partial charge >= 0.3 is 0 Å². The average Bonchev–Trinajstić information content (AvgIpc) is 3.07. The van der Waals surface area contributed by atoms with E-state index in [-0.39, 0.29) is 4.90 Å². The van der Waals surface area contributed by atoms with Gasteiger partial charge in [0, 0.05) is 5.56 Å². The van der Waals surface area contributed by atoms with Crippen LogP contribution in [0.4, 0.5) is 0 Å². The zero-order valence-corrected chi connectivity index (χ0v) is 13.6. The third-order valence-electron chi connectivity index (χ3n) is 3.20.